The van der Waals surface area contributed by atoms with Crippen LogP contribution in [0.1, 0.15) is 28.1 Å². The predicted octanol–water partition coefficient (Wildman–Crippen LogP) is 2.10. The molecule has 3 heterocycles. The molecule has 35 heavy (non-hydrogen) atoms. The molecule has 184 valence electrons. The lowest BCUT2D eigenvalue weighted by molar-refractivity contribution is -0.118. The van der Waals surface area contributed by atoms with Crippen molar-refractivity contribution in [2.45, 2.75) is 32.3 Å². The average Bonchev–Trinajstić information content (AvgIpc) is 3.26. The number of thioether (sulfide) groups is 1. The van der Waals surface area contributed by atoms with Crippen molar-refractivity contribution in [2.24, 2.45) is 0 Å². The van der Waals surface area contributed by atoms with Gasteiger partial charge in [-0.3, -0.25) is 14.6 Å². The summed E-state index contributed by atoms with van der Waals surface area (Å²) in [6.07, 6.45) is 6.18. The first kappa shape index (κ1) is 25.2. The molecule has 1 saturated heterocycles. The average molecular weight is 492 g/mol. The Balaban J connectivity index is 1.28. The van der Waals surface area contributed by atoms with Crippen LogP contribution in [0, 0.1) is 33.1 Å². The number of rotatable bonds is 9. The molecule has 0 saturated carbocycles. The summed E-state index contributed by atoms with van der Waals surface area (Å²) >= 11 is 1.34. The Morgan fingerprint density at radius 1 is 1.09 bits per heavy atom. The van der Waals surface area contributed by atoms with Crippen LogP contribution in [-0.2, 0) is 11.2 Å². The number of piperazine rings is 1. The highest BCUT2D eigenvalue weighted by atomic mass is 32.2. The van der Waals surface area contributed by atoms with Gasteiger partial charge >= 0.3 is 0 Å². The second kappa shape index (κ2) is 11.7. The number of carbonyl (C=O) groups excluding carboxylic acids is 1. The summed E-state index contributed by atoms with van der Waals surface area (Å²) in [4.78, 5) is 26.2. The number of aryl methyl sites for hydroxylation is 3. The predicted molar refractivity (Wildman–Crippen MR) is 140 cm³/mol. The highest BCUT2D eigenvalue weighted by molar-refractivity contribution is 7.99. The van der Waals surface area contributed by atoms with Crippen LogP contribution in [0.4, 0.5) is 0 Å². The van der Waals surface area contributed by atoms with Crippen molar-refractivity contribution >= 4 is 23.4 Å². The van der Waals surface area contributed by atoms with E-state index >= 15 is 0 Å². The second-order valence-electron chi connectivity index (χ2n) is 8.99. The maximum Gasteiger partial charge on any atom is 0.253 e. The van der Waals surface area contributed by atoms with Gasteiger partial charge in [-0.15, -0.1) is 11.5 Å². The monoisotopic (exact) mass is 491 g/mol. The van der Waals surface area contributed by atoms with Gasteiger partial charge in [-0.1, -0.05) is 47.5 Å². The zero-order chi connectivity index (χ0) is 24.8. The van der Waals surface area contributed by atoms with E-state index in [9.17, 15) is 4.79 Å². The molecule has 0 atom stereocenters. The Hall–Kier alpha value is -2.93. The standard InChI is InChI=1S/C26H33N7OS/c1-5-11-31-13-15-32(16-14-31)12-10-27-24(34)18-35-26-29-25-28-20(3)23(21(4)33(25)30-26)17-22-8-6-19(2)7-9-22/h1,6-9H,10-18H2,2-4H3,(H,27,34). The van der Waals surface area contributed by atoms with Crippen molar-refractivity contribution in [3.63, 3.8) is 0 Å². The molecule has 1 N–H and O–H groups in total. The number of hydrogen-bond acceptors (Lipinski definition) is 7. The molecule has 9 heteroatoms. The first-order chi connectivity index (χ1) is 16.9. The van der Waals surface area contributed by atoms with Gasteiger partial charge in [-0.25, -0.2) is 9.50 Å². The smallest absolute Gasteiger partial charge is 0.253 e. The first-order valence-corrected chi connectivity index (χ1v) is 13.0. The van der Waals surface area contributed by atoms with Gasteiger partial charge in [0.2, 0.25) is 11.1 Å². The Labute approximate surface area is 211 Å². The third kappa shape index (κ3) is 6.60. The summed E-state index contributed by atoms with van der Waals surface area (Å²) in [7, 11) is 0. The maximum absolute atomic E-state index is 12.4. The summed E-state index contributed by atoms with van der Waals surface area (Å²) in [5, 5.41) is 8.18. The van der Waals surface area contributed by atoms with E-state index in [1.165, 1.54) is 22.9 Å². The first-order valence-electron chi connectivity index (χ1n) is 12.0. The summed E-state index contributed by atoms with van der Waals surface area (Å²) in [5.74, 6) is 3.53. The minimum atomic E-state index is -0.0132. The zero-order valence-corrected chi connectivity index (χ0v) is 21.6. The molecule has 0 bridgehead atoms. The summed E-state index contributed by atoms with van der Waals surface area (Å²) in [5.41, 5.74) is 5.62. The van der Waals surface area contributed by atoms with Crippen molar-refractivity contribution in [1.29, 1.82) is 0 Å². The van der Waals surface area contributed by atoms with Crippen molar-refractivity contribution in [3.05, 3.63) is 52.3 Å². The molecule has 4 rings (SSSR count). The van der Waals surface area contributed by atoms with Crippen molar-refractivity contribution < 1.29 is 4.79 Å². The van der Waals surface area contributed by atoms with Gasteiger partial charge < -0.3 is 5.32 Å². The number of benzene rings is 1. The SMILES string of the molecule is C#CCN1CCN(CCNC(=O)CSc2nc3nc(C)c(Cc4ccc(C)cc4)c(C)n3n2)CC1. The van der Waals surface area contributed by atoms with Gasteiger partial charge in [0.15, 0.2) is 0 Å². The molecule has 0 unspecified atom stereocenters. The molecule has 0 radical (unpaired) electrons. The van der Waals surface area contributed by atoms with Crippen LogP contribution in [0.2, 0.25) is 0 Å². The lowest BCUT2D eigenvalue weighted by Crippen LogP contribution is -2.48. The van der Waals surface area contributed by atoms with E-state index in [-0.39, 0.29) is 11.7 Å². The Morgan fingerprint density at radius 2 is 1.80 bits per heavy atom. The van der Waals surface area contributed by atoms with Crippen LogP contribution < -0.4 is 5.32 Å². The van der Waals surface area contributed by atoms with Crippen molar-refractivity contribution in [3.8, 4) is 12.3 Å². The molecule has 1 aliphatic rings. The van der Waals surface area contributed by atoms with Gasteiger partial charge in [0.1, 0.15) is 0 Å². The van der Waals surface area contributed by atoms with Gasteiger partial charge in [-0.2, -0.15) is 4.98 Å². The topological polar surface area (TPSA) is 78.7 Å². The number of nitrogens with zero attached hydrogens (tertiary/aromatic N) is 6. The van der Waals surface area contributed by atoms with E-state index in [4.69, 9.17) is 6.42 Å². The third-order valence-corrected chi connectivity index (χ3v) is 7.23. The number of terminal acetylenes is 1. The van der Waals surface area contributed by atoms with E-state index in [0.29, 0.717) is 24.0 Å². The van der Waals surface area contributed by atoms with Crippen molar-refractivity contribution in [2.75, 3.05) is 51.6 Å². The van der Waals surface area contributed by atoms with E-state index in [0.717, 1.165) is 56.1 Å². The molecule has 1 fully saturated rings. The van der Waals surface area contributed by atoms with Crippen LogP contribution in [0.15, 0.2) is 29.4 Å². The van der Waals surface area contributed by atoms with Gasteiger partial charge in [0, 0.05) is 57.1 Å². The van der Waals surface area contributed by atoms with Crippen LogP contribution >= 0.6 is 11.8 Å². The van der Waals surface area contributed by atoms with Crippen LogP contribution in [-0.4, -0.2) is 86.9 Å². The fraction of sp³-hybridized carbons (Fsp3) is 0.462. The zero-order valence-electron chi connectivity index (χ0n) is 20.8. The molecule has 2 aromatic heterocycles. The lowest BCUT2D eigenvalue weighted by atomic mass is 10.0. The Kier molecular flexibility index (Phi) is 8.39. The quantitative estimate of drug-likeness (QED) is 0.363. The number of hydrogen-bond donors (Lipinski definition) is 1. The van der Waals surface area contributed by atoms with Gasteiger partial charge in [-0.05, 0) is 31.9 Å². The largest absolute Gasteiger partial charge is 0.354 e. The number of fused-ring (bicyclic) bond motifs is 1. The minimum Gasteiger partial charge on any atom is -0.354 e. The number of nitrogens with one attached hydrogen (secondary N) is 1. The number of carbonyl (C=O) groups is 1. The van der Waals surface area contributed by atoms with Gasteiger partial charge in [0.25, 0.3) is 5.78 Å². The molecule has 8 nitrogen and oxygen atoms in total. The fourth-order valence-electron chi connectivity index (χ4n) is 4.25. The van der Waals surface area contributed by atoms with Crippen molar-refractivity contribution in [1.82, 2.24) is 34.7 Å². The summed E-state index contributed by atoms with van der Waals surface area (Å²) in [6, 6.07) is 8.56. The van der Waals surface area contributed by atoms with E-state index in [1.54, 1.807) is 4.52 Å². The molecule has 1 aliphatic heterocycles. The molecule has 3 aromatic rings. The molecular weight excluding hydrogens is 458 g/mol. The highest BCUT2D eigenvalue weighted by Gasteiger charge is 2.17. The van der Waals surface area contributed by atoms with Crippen LogP contribution in [0.5, 0.6) is 0 Å². The third-order valence-electron chi connectivity index (χ3n) is 6.39. The molecule has 0 aliphatic carbocycles. The fourth-order valence-corrected chi connectivity index (χ4v) is 4.90. The normalized spacial score (nSPS) is 14.8. The van der Waals surface area contributed by atoms with E-state index in [1.807, 2.05) is 13.8 Å². The molecule has 0 spiro atoms. The maximum atomic E-state index is 12.4. The molecule has 1 aromatic carbocycles. The second-order valence-corrected chi connectivity index (χ2v) is 9.93. The Bertz CT molecular complexity index is 1210. The Morgan fingerprint density at radius 3 is 2.51 bits per heavy atom. The van der Waals surface area contributed by atoms with Crippen LogP contribution in [0.25, 0.3) is 5.78 Å². The number of amides is 1. The van der Waals surface area contributed by atoms with E-state index < -0.39 is 0 Å². The lowest BCUT2D eigenvalue weighted by Gasteiger charge is -2.33. The number of aromatic nitrogens is 4. The highest BCUT2D eigenvalue weighted by Crippen LogP contribution is 2.21. The minimum absolute atomic E-state index is 0.0132. The summed E-state index contributed by atoms with van der Waals surface area (Å²) in [6.45, 7) is 12.3. The molecule has 1 amide bonds. The van der Waals surface area contributed by atoms with Crippen LogP contribution in [0.3, 0.4) is 0 Å². The van der Waals surface area contributed by atoms with Gasteiger partial charge in [0.05, 0.1) is 12.3 Å². The summed E-state index contributed by atoms with van der Waals surface area (Å²) < 4.78 is 1.79. The molecular formula is C26H33N7OS. The van der Waals surface area contributed by atoms with E-state index in [2.05, 4.69) is 67.3 Å².